The number of amides is 1. The van der Waals surface area contributed by atoms with Gasteiger partial charge in [-0.3, -0.25) is 4.79 Å². The van der Waals surface area contributed by atoms with Gasteiger partial charge < -0.3 is 14.2 Å². The first-order chi connectivity index (χ1) is 13.1. The van der Waals surface area contributed by atoms with E-state index in [1.165, 1.54) is 12.1 Å². The topological polar surface area (TPSA) is 68.5 Å². The van der Waals surface area contributed by atoms with Crippen LogP contribution in [0.25, 0.3) is 11.5 Å². The van der Waals surface area contributed by atoms with Crippen molar-refractivity contribution in [2.45, 2.75) is 13.3 Å². The van der Waals surface area contributed by atoms with Gasteiger partial charge in [-0.05, 0) is 55.5 Å². The maximum atomic E-state index is 13.0. The van der Waals surface area contributed by atoms with Crippen molar-refractivity contribution in [3.63, 3.8) is 0 Å². The molecule has 0 aliphatic heterocycles. The van der Waals surface area contributed by atoms with Crippen molar-refractivity contribution in [3.05, 3.63) is 65.7 Å². The summed E-state index contributed by atoms with van der Waals surface area (Å²) in [5, 5.41) is 3.92. The largest absolute Gasteiger partial charge is 0.494 e. The summed E-state index contributed by atoms with van der Waals surface area (Å²) in [6, 6.07) is 12.9. The molecule has 7 heteroatoms. The van der Waals surface area contributed by atoms with E-state index < -0.39 is 0 Å². The van der Waals surface area contributed by atoms with Crippen molar-refractivity contribution in [1.82, 2.24) is 15.0 Å². The summed E-state index contributed by atoms with van der Waals surface area (Å²) in [6.45, 7) is 2.93. The van der Waals surface area contributed by atoms with Crippen LogP contribution in [0.3, 0.4) is 0 Å². The number of aromatic nitrogens is 2. The van der Waals surface area contributed by atoms with Gasteiger partial charge in [0, 0.05) is 31.1 Å². The number of rotatable bonds is 7. The third-order valence-corrected chi connectivity index (χ3v) is 3.99. The Morgan fingerprint density at radius 3 is 2.52 bits per heavy atom. The van der Waals surface area contributed by atoms with Crippen LogP contribution >= 0.6 is 0 Å². The minimum atomic E-state index is -0.326. The number of likely N-dealkylation sites (N-methyl/N-ethyl adjacent to an activating group) is 1. The Morgan fingerprint density at radius 2 is 1.85 bits per heavy atom. The van der Waals surface area contributed by atoms with Crippen LogP contribution in [-0.4, -0.2) is 41.1 Å². The minimum absolute atomic E-state index is 0.0969. The van der Waals surface area contributed by atoms with Crippen LogP contribution in [0, 0.1) is 5.82 Å². The van der Waals surface area contributed by atoms with Gasteiger partial charge in [-0.25, -0.2) is 4.39 Å². The number of carbonyl (C=O) groups is 1. The Kier molecular flexibility index (Phi) is 5.80. The lowest BCUT2D eigenvalue weighted by Gasteiger charge is -2.16. The van der Waals surface area contributed by atoms with Crippen LogP contribution in [0.4, 0.5) is 4.39 Å². The van der Waals surface area contributed by atoms with Crippen LogP contribution < -0.4 is 4.74 Å². The zero-order chi connectivity index (χ0) is 19.2. The predicted molar refractivity (Wildman–Crippen MR) is 98.0 cm³/mol. The second-order valence-corrected chi connectivity index (χ2v) is 5.96. The lowest BCUT2D eigenvalue weighted by atomic mass is 10.2. The molecule has 0 unspecified atom stereocenters. The van der Waals surface area contributed by atoms with Gasteiger partial charge in [-0.1, -0.05) is 5.16 Å². The molecule has 0 atom stereocenters. The molecule has 0 saturated carbocycles. The second-order valence-electron chi connectivity index (χ2n) is 5.96. The number of ether oxygens (including phenoxy) is 1. The molecule has 1 aromatic heterocycles. The highest BCUT2D eigenvalue weighted by Gasteiger charge is 2.14. The van der Waals surface area contributed by atoms with Crippen LogP contribution in [0.15, 0.2) is 53.1 Å². The summed E-state index contributed by atoms with van der Waals surface area (Å²) < 4.78 is 23.6. The summed E-state index contributed by atoms with van der Waals surface area (Å²) in [5.41, 5.74) is 1.23. The molecule has 0 radical (unpaired) electrons. The van der Waals surface area contributed by atoms with Crippen molar-refractivity contribution >= 4 is 5.91 Å². The molecule has 0 bridgehead atoms. The molecule has 1 amide bonds. The van der Waals surface area contributed by atoms with E-state index in [1.807, 2.05) is 6.92 Å². The Morgan fingerprint density at radius 1 is 1.15 bits per heavy atom. The summed E-state index contributed by atoms with van der Waals surface area (Å²) >= 11 is 0. The molecular weight excluding hydrogens is 349 g/mol. The van der Waals surface area contributed by atoms with Crippen molar-refractivity contribution in [2.24, 2.45) is 0 Å². The van der Waals surface area contributed by atoms with Gasteiger partial charge in [0.15, 0.2) is 5.82 Å². The number of carbonyl (C=O) groups excluding carboxylic acids is 1. The molecule has 6 nitrogen and oxygen atoms in total. The van der Waals surface area contributed by atoms with Crippen LogP contribution in [0.1, 0.15) is 23.1 Å². The third-order valence-electron chi connectivity index (χ3n) is 3.99. The molecule has 140 valence electrons. The summed E-state index contributed by atoms with van der Waals surface area (Å²) in [6.07, 6.45) is 0.448. The standard InChI is InChI=1S/C20H20FN3O3/c1-3-26-17-10-6-15(7-11-17)20(25)24(2)13-12-18-22-19(27-23-18)14-4-8-16(21)9-5-14/h4-11H,3,12-13H2,1-2H3. The molecule has 0 aliphatic carbocycles. The van der Waals surface area contributed by atoms with Gasteiger partial charge in [0.1, 0.15) is 11.6 Å². The second kappa shape index (κ2) is 8.44. The average Bonchev–Trinajstić information content (AvgIpc) is 3.16. The molecule has 3 rings (SSSR count). The highest BCUT2D eigenvalue weighted by molar-refractivity contribution is 5.94. The highest BCUT2D eigenvalue weighted by atomic mass is 19.1. The van der Waals surface area contributed by atoms with Gasteiger partial charge >= 0.3 is 0 Å². The maximum absolute atomic E-state index is 13.0. The molecule has 0 N–H and O–H groups in total. The molecule has 0 aliphatic rings. The normalized spacial score (nSPS) is 10.6. The first kappa shape index (κ1) is 18.6. The monoisotopic (exact) mass is 369 g/mol. The summed E-state index contributed by atoms with van der Waals surface area (Å²) in [4.78, 5) is 18.4. The number of hydrogen-bond acceptors (Lipinski definition) is 5. The SMILES string of the molecule is CCOc1ccc(C(=O)N(C)CCc2noc(-c3ccc(F)cc3)n2)cc1. The van der Waals surface area contributed by atoms with Gasteiger partial charge in [-0.15, -0.1) is 0 Å². The number of nitrogens with zero attached hydrogens (tertiary/aromatic N) is 3. The molecule has 3 aromatic rings. The zero-order valence-electron chi connectivity index (χ0n) is 15.2. The fraction of sp³-hybridized carbons (Fsp3) is 0.250. The summed E-state index contributed by atoms with van der Waals surface area (Å²) in [5.74, 6) is 1.12. The molecule has 27 heavy (non-hydrogen) atoms. The average molecular weight is 369 g/mol. The molecule has 1 heterocycles. The van der Waals surface area contributed by atoms with E-state index in [2.05, 4.69) is 10.1 Å². The van der Waals surface area contributed by atoms with E-state index in [-0.39, 0.29) is 11.7 Å². The Labute approximate surface area is 156 Å². The van der Waals surface area contributed by atoms with Gasteiger partial charge in [-0.2, -0.15) is 4.98 Å². The fourth-order valence-electron chi connectivity index (χ4n) is 2.52. The van der Waals surface area contributed by atoms with Crippen molar-refractivity contribution in [2.75, 3.05) is 20.2 Å². The predicted octanol–water partition coefficient (Wildman–Crippen LogP) is 3.59. The third kappa shape index (κ3) is 4.69. The van der Waals surface area contributed by atoms with E-state index in [0.29, 0.717) is 42.4 Å². The first-order valence-electron chi connectivity index (χ1n) is 8.63. The summed E-state index contributed by atoms with van der Waals surface area (Å²) in [7, 11) is 1.72. The van der Waals surface area contributed by atoms with Crippen LogP contribution in [0.2, 0.25) is 0 Å². The first-order valence-corrected chi connectivity index (χ1v) is 8.63. The van der Waals surface area contributed by atoms with Crippen molar-refractivity contribution in [3.8, 4) is 17.2 Å². The maximum Gasteiger partial charge on any atom is 0.257 e. The number of benzene rings is 2. The van der Waals surface area contributed by atoms with E-state index in [1.54, 1.807) is 48.3 Å². The highest BCUT2D eigenvalue weighted by Crippen LogP contribution is 2.18. The van der Waals surface area contributed by atoms with E-state index in [9.17, 15) is 9.18 Å². The Balaban J connectivity index is 1.57. The molecular formula is C20H20FN3O3. The zero-order valence-corrected chi connectivity index (χ0v) is 15.2. The minimum Gasteiger partial charge on any atom is -0.494 e. The number of hydrogen-bond donors (Lipinski definition) is 0. The smallest absolute Gasteiger partial charge is 0.257 e. The van der Waals surface area contributed by atoms with Crippen LogP contribution in [-0.2, 0) is 6.42 Å². The quantitative estimate of drug-likeness (QED) is 0.637. The van der Waals surface area contributed by atoms with Crippen molar-refractivity contribution < 1.29 is 18.4 Å². The Bertz CT molecular complexity index is 892. The lowest BCUT2D eigenvalue weighted by molar-refractivity contribution is 0.0795. The molecule has 2 aromatic carbocycles. The molecule has 0 saturated heterocycles. The van der Waals surface area contributed by atoms with E-state index >= 15 is 0 Å². The number of halogens is 1. The van der Waals surface area contributed by atoms with Gasteiger partial charge in [0.05, 0.1) is 6.61 Å². The fourth-order valence-corrected chi connectivity index (χ4v) is 2.52. The lowest BCUT2D eigenvalue weighted by Crippen LogP contribution is -2.29. The molecule has 0 spiro atoms. The van der Waals surface area contributed by atoms with Gasteiger partial charge in [0.25, 0.3) is 11.8 Å². The van der Waals surface area contributed by atoms with Crippen molar-refractivity contribution in [1.29, 1.82) is 0 Å². The van der Waals surface area contributed by atoms with E-state index in [4.69, 9.17) is 9.26 Å². The Hall–Kier alpha value is -3.22. The molecule has 0 fully saturated rings. The van der Waals surface area contributed by atoms with E-state index in [0.717, 1.165) is 5.75 Å². The van der Waals surface area contributed by atoms with Crippen LogP contribution in [0.5, 0.6) is 5.75 Å². The van der Waals surface area contributed by atoms with Gasteiger partial charge in [0.2, 0.25) is 0 Å².